The van der Waals surface area contributed by atoms with Crippen LogP contribution in [0.25, 0.3) is 0 Å². The molecule has 0 aliphatic heterocycles. The predicted molar refractivity (Wildman–Crippen MR) is 70.6 cm³/mol. The molecule has 16 heavy (non-hydrogen) atoms. The van der Waals surface area contributed by atoms with Crippen LogP contribution in [0.4, 0.5) is 0 Å². The summed E-state index contributed by atoms with van der Waals surface area (Å²) >= 11 is 5.24. The van der Waals surface area contributed by atoms with Crippen LogP contribution in [0.1, 0.15) is 49.5 Å². The Balaban J connectivity index is 1.89. The topological polar surface area (TPSA) is 20.2 Å². The first-order valence-electron chi connectivity index (χ1n) is 6.12. The van der Waals surface area contributed by atoms with Gasteiger partial charge in [-0.2, -0.15) is 0 Å². The molecule has 88 valence electrons. The van der Waals surface area contributed by atoms with Crippen molar-refractivity contribution in [1.29, 1.82) is 0 Å². The molecule has 1 aromatic heterocycles. The number of halogens is 1. The van der Waals surface area contributed by atoms with Crippen LogP contribution >= 0.6 is 27.3 Å². The molecule has 1 heterocycles. The molecule has 0 spiro atoms. The van der Waals surface area contributed by atoms with E-state index in [4.69, 9.17) is 0 Å². The maximum Gasteiger partial charge on any atom is 0.0949 e. The van der Waals surface area contributed by atoms with Gasteiger partial charge in [-0.1, -0.05) is 0 Å². The largest absolute Gasteiger partial charge is 0.387 e. The number of hydrogen-bond donors (Lipinski definition) is 1. The van der Waals surface area contributed by atoms with Gasteiger partial charge in [0.05, 0.1) is 6.10 Å². The number of hydrogen-bond acceptors (Lipinski definition) is 2. The van der Waals surface area contributed by atoms with Gasteiger partial charge in [0.2, 0.25) is 0 Å². The summed E-state index contributed by atoms with van der Waals surface area (Å²) in [6.07, 6.45) is 7.43. The Morgan fingerprint density at radius 3 is 2.44 bits per heavy atom. The normalized spacial score (nSPS) is 35.2. The average Bonchev–Trinajstić information content (AvgIpc) is 2.77. The standard InChI is InChI=1S/C13H17BrOS/c14-10-4-8-16-11(10)12(15)13-5-1-9(2-6-13)3-7-13/h4,8-9,12,15H,1-3,5-7H2. The number of rotatable bonds is 2. The third-order valence-electron chi connectivity index (χ3n) is 4.62. The number of thiophene rings is 1. The van der Waals surface area contributed by atoms with Crippen molar-refractivity contribution < 1.29 is 5.11 Å². The third kappa shape index (κ3) is 1.68. The van der Waals surface area contributed by atoms with E-state index in [0.717, 1.165) is 15.3 Å². The maximum absolute atomic E-state index is 10.7. The van der Waals surface area contributed by atoms with E-state index in [1.54, 1.807) is 11.3 Å². The summed E-state index contributed by atoms with van der Waals surface area (Å²) in [6.45, 7) is 0. The number of fused-ring (bicyclic) bond motifs is 3. The molecular formula is C13H17BrOS. The highest BCUT2D eigenvalue weighted by atomic mass is 79.9. The maximum atomic E-state index is 10.7. The minimum atomic E-state index is -0.247. The third-order valence-corrected chi connectivity index (χ3v) is 6.55. The molecule has 0 radical (unpaired) electrons. The summed E-state index contributed by atoms with van der Waals surface area (Å²) in [6, 6.07) is 2.05. The van der Waals surface area contributed by atoms with Gasteiger partial charge in [0.15, 0.2) is 0 Å². The Morgan fingerprint density at radius 1 is 1.31 bits per heavy atom. The molecular weight excluding hydrogens is 284 g/mol. The van der Waals surface area contributed by atoms with E-state index < -0.39 is 0 Å². The predicted octanol–water partition coefficient (Wildman–Crippen LogP) is 4.51. The van der Waals surface area contributed by atoms with E-state index in [1.807, 2.05) is 6.07 Å². The lowest BCUT2D eigenvalue weighted by Crippen LogP contribution is -2.38. The van der Waals surface area contributed by atoms with Crippen LogP contribution in [0.3, 0.4) is 0 Å². The first kappa shape index (κ1) is 11.2. The Kier molecular flexibility index (Phi) is 2.89. The fourth-order valence-electron chi connectivity index (χ4n) is 3.47. The molecule has 3 heteroatoms. The van der Waals surface area contributed by atoms with Crippen LogP contribution in [0.2, 0.25) is 0 Å². The van der Waals surface area contributed by atoms with Gasteiger partial charge in [0, 0.05) is 14.8 Å². The zero-order valence-corrected chi connectivity index (χ0v) is 11.7. The van der Waals surface area contributed by atoms with Gasteiger partial charge in [0.1, 0.15) is 0 Å². The molecule has 1 aromatic rings. The van der Waals surface area contributed by atoms with Crippen LogP contribution in [0.15, 0.2) is 15.9 Å². The van der Waals surface area contributed by atoms with Crippen LogP contribution in [0.5, 0.6) is 0 Å². The molecule has 3 aliphatic carbocycles. The van der Waals surface area contributed by atoms with Crippen molar-refractivity contribution in [2.45, 2.75) is 44.6 Å². The summed E-state index contributed by atoms with van der Waals surface area (Å²) in [7, 11) is 0. The Morgan fingerprint density at radius 2 is 1.94 bits per heavy atom. The Bertz CT molecular complexity index is 365. The summed E-state index contributed by atoms with van der Waals surface area (Å²) in [5, 5.41) is 12.7. The molecule has 4 rings (SSSR count). The van der Waals surface area contributed by atoms with Crippen LogP contribution in [0, 0.1) is 11.3 Å². The van der Waals surface area contributed by atoms with Gasteiger partial charge in [-0.3, -0.25) is 0 Å². The SMILES string of the molecule is OC(c1sccc1Br)C12CCC(CC1)CC2. The molecule has 3 aliphatic rings. The second-order valence-corrected chi connectivity index (χ2v) is 7.18. The van der Waals surface area contributed by atoms with Crippen molar-refractivity contribution in [2.24, 2.45) is 11.3 Å². The van der Waals surface area contributed by atoms with Crippen molar-refractivity contribution in [3.05, 3.63) is 20.8 Å². The molecule has 3 fully saturated rings. The van der Waals surface area contributed by atoms with Crippen molar-refractivity contribution in [2.75, 3.05) is 0 Å². The monoisotopic (exact) mass is 300 g/mol. The van der Waals surface area contributed by atoms with Crippen molar-refractivity contribution in [3.63, 3.8) is 0 Å². The highest BCUT2D eigenvalue weighted by Gasteiger charge is 2.46. The minimum absolute atomic E-state index is 0.197. The van der Waals surface area contributed by atoms with Crippen molar-refractivity contribution in [1.82, 2.24) is 0 Å². The van der Waals surface area contributed by atoms with Crippen LogP contribution in [-0.2, 0) is 0 Å². The average molecular weight is 301 g/mol. The second-order valence-electron chi connectivity index (χ2n) is 5.38. The van der Waals surface area contributed by atoms with Gasteiger partial charge >= 0.3 is 0 Å². The summed E-state index contributed by atoms with van der Waals surface area (Å²) < 4.78 is 1.09. The molecule has 1 unspecified atom stereocenters. The molecule has 0 amide bonds. The van der Waals surface area contributed by atoms with Crippen LogP contribution in [-0.4, -0.2) is 5.11 Å². The molecule has 0 saturated heterocycles. The fourth-order valence-corrected chi connectivity index (χ4v) is 5.19. The van der Waals surface area contributed by atoms with Gasteiger partial charge in [0.25, 0.3) is 0 Å². The highest BCUT2D eigenvalue weighted by Crippen LogP contribution is 2.57. The van der Waals surface area contributed by atoms with Crippen LogP contribution < -0.4 is 0 Å². The first-order valence-corrected chi connectivity index (χ1v) is 7.79. The molecule has 0 aromatic carbocycles. The summed E-state index contributed by atoms with van der Waals surface area (Å²) in [4.78, 5) is 1.14. The number of aliphatic hydroxyl groups is 1. The smallest absolute Gasteiger partial charge is 0.0949 e. The molecule has 3 saturated carbocycles. The molecule has 2 bridgehead atoms. The zero-order chi connectivity index (χ0) is 11.2. The lowest BCUT2D eigenvalue weighted by molar-refractivity contribution is -0.0542. The first-order chi connectivity index (χ1) is 7.71. The lowest BCUT2D eigenvalue weighted by atomic mass is 9.58. The molecule has 1 N–H and O–H groups in total. The molecule has 1 nitrogen and oxygen atoms in total. The van der Waals surface area contributed by atoms with Gasteiger partial charge in [-0.25, -0.2) is 0 Å². The van der Waals surface area contributed by atoms with E-state index in [0.29, 0.717) is 0 Å². The fraction of sp³-hybridized carbons (Fsp3) is 0.692. The minimum Gasteiger partial charge on any atom is -0.387 e. The summed E-state index contributed by atoms with van der Waals surface area (Å²) in [5.74, 6) is 0.959. The van der Waals surface area contributed by atoms with Gasteiger partial charge < -0.3 is 5.11 Å². The van der Waals surface area contributed by atoms with E-state index >= 15 is 0 Å². The quantitative estimate of drug-likeness (QED) is 0.852. The zero-order valence-electron chi connectivity index (χ0n) is 9.29. The molecule has 1 atom stereocenters. The second kappa shape index (κ2) is 4.11. The van der Waals surface area contributed by atoms with E-state index in [1.165, 1.54) is 38.5 Å². The van der Waals surface area contributed by atoms with E-state index in [-0.39, 0.29) is 11.5 Å². The summed E-state index contributed by atoms with van der Waals surface area (Å²) in [5.41, 5.74) is 0.197. The Labute approximate surface area is 109 Å². The van der Waals surface area contributed by atoms with E-state index in [9.17, 15) is 5.11 Å². The van der Waals surface area contributed by atoms with Gasteiger partial charge in [-0.15, -0.1) is 11.3 Å². The number of aliphatic hydroxyl groups excluding tert-OH is 1. The van der Waals surface area contributed by atoms with Crippen molar-refractivity contribution in [3.8, 4) is 0 Å². The highest BCUT2D eigenvalue weighted by molar-refractivity contribution is 9.10. The van der Waals surface area contributed by atoms with E-state index in [2.05, 4.69) is 21.3 Å². The van der Waals surface area contributed by atoms with Gasteiger partial charge in [-0.05, 0) is 71.8 Å². The Hall–Kier alpha value is 0.140. The van der Waals surface area contributed by atoms with Crippen molar-refractivity contribution >= 4 is 27.3 Å². The lowest BCUT2D eigenvalue weighted by Gasteiger charge is -2.49.